The number of aromatic nitrogens is 8. The van der Waals surface area contributed by atoms with E-state index in [1.807, 2.05) is 54.2 Å². The number of ether oxygens (including phenoxy) is 1. The molecule has 14 nitrogen and oxygen atoms in total. The molecule has 4 N–H and O–H groups in total. The number of nitrogens with zero attached hydrogens (tertiary/aromatic N) is 8. The minimum Gasteiger partial charge on any atom is -1.00 e. The van der Waals surface area contributed by atoms with Crippen LogP contribution in [0, 0.1) is 0 Å². The van der Waals surface area contributed by atoms with Crippen molar-refractivity contribution in [3.8, 4) is 0 Å². The van der Waals surface area contributed by atoms with E-state index in [1.54, 1.807) is 18.0 Å². The minimum atomic E-state index is -4.28. The van der Waals surface area contributed by atoms with Crippen LogP contribution in [0.1, 0.15) is 94.3 Å². The largest absolute Gasteiger partial charge is 1.00 e. The Morgan fingerprint density at radius 3 is 1.71 bits per heavy atom. The van der Waals surface area contributed by atoms with Gasteiger partial charge in [-0.15, -0.1) is 0 Å². The fourth-order valence-electron chi connectivity index (χ4n) is 7.35. The third kappa shape index (κ3) is 16.9. The molecule has 4 heterocycles. The second-order valence-corrected chi connectivity index (χ2v) is 17.6. The molecule has 2 aliphatic rings. The van der Waals surface area contributed by atoms with Crippen molar-refractivity contribution in [3.63, 3.8) is 0 Å². The van der Waals surface area contributed by atoms with Crippen LogP contribution < -0.4 is 53.0 Å². The minimum absolute atomic E-state index is 0. The molecule has 6 aromatic rings. The molecule has 2 aliphatic carbocycles. The van der Waals surface area contributed by atoms with E-state index in [0.29, 0.717) is 54.1 Å². The van der Waals surface area contributed by atoms with E-state index in [4.69, 9.17) is 22.4 Å². The standard InChI is InChI=1S/C20H19BrF3N5O.C17H14BrClN4O.C4H8F3N.C3H8O2.ClH.Na.H/c1-2-7-29-10-14-17(16-13-9-12(21)4-3-11(13)8-15(16)30)26-19(27-18(14)28-29)25-6-5-20(22,23)24;1-2-5-23-8-12-15(20-17(19)21-16(12)22-23)14-11-7-10(18)4-3-9(11)6-13(14)24;5-4(6,7)2-1-3-8;1-5-3-2-4;;;/h3-4,9-10,16H,2,5-8H2,1H3,(H,25,27,28);3-4,7-8,14H,2,5-6H2,1H3;1-3,8H2;4H,2-3H2,1H3;1H;;/q;;;;;+1;-1. The number of ketones is 2. The van der Waals surface area contributed by atoms with Gasteiger partial charge in [-0.05, 0) is 83.9 Å². The number of rotatable bonds is 13. The molecule has 2 aromatic carbocycles. The van der Waals surface area contributed by atoms with Gasteiger partial charge in [0.05, 0.1) is 53.6 Å². The molecular weight excluding hydrogens is 1100 g/mol. The molecule has 0 saturated heterocycles. The van der Waals surface area contributed by atoms with Crippen LogP contribution in [0.3, 0.4) is 0 Å². The van der Waals surface area contributed by atoms with Gasteiger partial charge >= 0.3 is 43.3 Å². The summed E-state index contributed by atoms with van der Waals surface area (Å²) in [5.74, 6) is -0.861. The number of carbonyl (C=O) groups is 2. The predicted molar refractivity (Wildman–Crippen MR) is 250 cm³/mol. The van der Waals surface area contributed by atoms with Crippen LogP contribution in [-0.4, -0.2) is 102 Å². The summed E-state index contributed by atoms with van der Waals surface area (Å²) in [7, 11) is 1.55. The molecule has 0 bridgehead atoms. The zero-order chi connectivity index (χ0) is 49.1. The molecule has 0 saturated carbocycles. The number of aliphatic hydroxyl groups excluding tert-OH is 1. The van der Waals surface area contributed by atoms with Crippen LogP contribution in [0.5, 0.6) is 0 Å². The molecule has 372 valence electrons. The van der Waals surface area contributed by atoms with Crippen molar-refractivity contribution < 1.29 is 90.6 Å². The Labute approximate surface area is 447 Å². The van der Waals surface area contributed by atoms with E-state index in [9.17, 15) is 35.9 Å². The Balaban J connectivity index is 0.000000551. The number of methoxy groups -OCH3 is 1. The second kappa shape index (κ2) is 27.5. The van der Waals surface area contributed by atoms with Gasteiger partial charge in [-0.3, -0.25) is 19.0 Å². The van der Waals surface area contributed by atoms with Crippen LogP contribution in [0.25, 0.3) is 22.1 Å². The number of nitrogens with one attached hydrogen (secondary N) is 1. The first-order valence-corrected chi connectivity index (χ1v) is 23.2. The van der Waals surface area contributed by atoms with E-state index >= 15 is 0 Å². The van der Waals surface area contributed by atoms with Crippen LogP contribution >= 0.6 is 43.5 Å². The van der Waals surface area contributed by atoms with Crippen LogP contribution in [0.2, 0.25) is 5.28 Å². The molecule has 0 radical (unpaired) electrons. The number of carbonyl (C=O) groups excluding carboxylic acids is 2. The molecule has 0 amide bonds. The average Bonchev–Trinajstić information content (AvgIpc) is 4.02. The van der Waals surface area contributed by atoms with Gasteiger partial charge < -0.3 is 34.7 Å². The van der Waals surface area contributed by atoms with Gasteiger partial charge in [0.2, 0.25) is 11.2 Å². The summed E-state index contributed by atoms with van der Waals surface area (Å²) in [4.78, 5) is 43.0. The predicted octanol–water partition coefficient (Wildman–Crippen LogP) is 3.68. The fraction of sp³-hybridized carbons (Fsp3) is 0.455. The fourth-order valence-corrected chi connectivity index (χ4v) is 8.28. The van der Waals surface area contributed by atoms with Gasteiger partial charge in [0.25, 0.3) is 0 Å². The molecular formula is C44H51Br2Cl2F6N10NaO4. The summed E-state index contributed by atoms with van der Waals surface area (Å²) in [5, 5.41) is 21.0. The van der Waals surface area contributed by atoms with E-state index in [2.05, 4.69) is 79.0 Å². The smallest absolute Gasteiger partial charge is 1.00 e. The first-order chi connectivity index (χ1) is 31.8. The zero-order valence-corrected chi connectivity index (χ0v) is 44.8. The van der Waals surface area contributed by atoms with Crippen molar-refractivity contribution >= 4 is 83.0 Å². The van der Waals surface area contributed by atoms with E-state index in [0.717, 1.165) is 56.0 Å². The van der Waals surface area contributed by atoms with Gasteiger partial charge in [0.15, 0.2) is 22.9 Å². The number of benzene rings is 2. The van der Waals surface area contributed by atoms with Gasteiger partial charge in [0, 0.05) is 67.3 Å². The van der Waals surface area contributed by atoms with Crippen molar-refractivity contribution in [2.24, 2.45) is 5.73 Å². The van der Waals surface area contributed by atoms with Gasteiger partial charge in [0.1, 0.15) is 0 Å². The summed E-state index contributed by atoms with van der Waals surface area (Å²) in [6, 6.07) is 11.6. The number of hydrogen-bond acceptors (Lipinski definition) is 12. The number of alkyl halides is 6. The number of aliphatic hydroxyl groups is 1. The topological polar surface area (TPSA) is 189 Å². The number of aryl methyl sites for hydroxylation is 2. The summed E-state index contributed by atoms with van der Waals surface area (Å²) in [6.07, 6.45) is -3.81. The molecule has 2 atom stereocenters. The number of anilines is 1. The Bertz CT molecular complexity index is 2670. The number of nitrogens with two attached hydrogens (primary N) is 1. The van der Waals surface area contributed by atoms with E-state index in [1.165, 1.54) is 0 Å². The summed E-state index contributed by atoms with van der Waals surface area (Å²) in [6.45, 7) is 5.86. The normalized spacial score (nSPS) is 14.9. The average molecular weight is 1150 g/mol. The Morgan fingerprint density at radius 2 is 1.30 bits per heavy atom. The molecule has 0 aliphatic heterocycles. The van der Waals surface area contributed by atoms with Crippen LogP contribution in [0.4, 0.5) is 32.3 Å². The van der Waals surface area contributed by atoms with Crippen LogP contribution in [0.15, 0.2) is 57.7 Å². The van der Waals surface area contributed by atoms with Crippen molar-refractivity contribution in [2.75, 3.05) is 38.7 Å². The molecule has 25 heteroatoms. The van der Waals surface area contributed by atoms with Gasteiger partial charge in [-0.25, -0.2) is 9.97 Å². The van der Waals surface area contributed by atoms with Gasteiger partial charge in [-0.2, -0.15) is 46.5 Å². The second-order valence-electron chi connectivity index (χ2n) is 15.4. The first kappa shape index (κ1) is 60.0. The molecule has 4 aromatic heterocycles. The molecule has 8 rings (SSSR count). The van der Waals surface area contributed by atoms with E-state index in [-0.39, 0.29) is 93.7 Å². The van der Waals surface area contributed by atoms with Crippen LogP contribution in [-0.2, 0) is 40.3 Å². The Kier molecular flexibility index (Phi) is 23.9. The Morgan fingerprint density at radius 1 is 0.826 bits per heavy atom. The quantitative estimate of drug-likeness (QED) is 0.0867. The summed E-state index contributed by atoms with van der Waals surface area (Å²) in [5.41, 5.74) is 10.6. The molecule has 2 unspecified atom stereocenters. The maximum Gasteiger partial charge on any atom is 1.00 e. The SMILES string of the molecule is CCCn1cc2c(C3C(=O)Cc4ccc(Br)cc43)nc(Cl)nc2n1.CCCn1cc2c(C3C(=O)Cc4ccc(Br)cc43)nc(NCCC(F)(F)F)nc2n1.COCCO.NCCCC(F)(F)F.[Cl-].[H+].[H-].[Na+]. The van der Waals surface area contributed by atoms with Crippen molar-refractivity contribution in [1.82, 2.24) is 39.5 Å². The van der Waals surface area contributed by atoms with Crippen molar-refractivity contribution in [3.05, 3.63) is 96.7 Å². The summed E-state index contributed by atoms with van der Waals surface area (Å²) >= 11 is 13.0. The molecule has 0 fully saturated rings. The third-order valence-corrected chi connectivity index (χ3v) is 11.4. The first-order valence-electron chi connectivity index (χ1n) is 21.2. The van der Waals surface area contributed by atoms with Crippen molar-refractivity contribution in [2.45, 2.75) is 96.1 Å². The maximum atomic E-state index is 12.9. The number of hydrogen-bond donors (Lipinski definition) is 3. The third-order valence-electron chi connectivity index (χ3n) is 10.2. The summed E-state index contributed by atoms with van der Waals surface area (Å²) < 4.78 is 80.9. The van der Waals surface area contributed by atoms with E-state index < -0.39 is 37.0 Å². The van der Waals surface area contributed by atoms with Gasteiger partial charge in [-0.1, -0.05) is 57.8 Å². The number of Topliss-reactive ketones (excluding diaryl/α,β-unsaturated/α-hetero) is 2. The van der Waals surface area contributed by atoms with Crippen molar-refractivity contribution in [1.29, 1.82) is 0 Å². The number of fused-ring (bicyclic) bond motifs is 4. The maximum absolute atomic E-state index is 12.9. The molecule has 69 heavy (non-hydrogen) atoms. The zero-order valence-electron chi connectivity index (χ0n) is 40.1. The molecule has 0 spiro atoms. The number of halogens is 10. The monoisotopic (exact) mass is 1150 g/mol. The Hall–Kier alpha value is -3.32.